The van der Waals surface area contributed by atoms with E-state index in [4.69, 9.17) is 10.7 Å². The van der Waals surface area contributed by atoms with Gasteiger partial charge in [-0.3, -0.25) is 14.8 Å². The summed E-state index contributed by atoms with van der Waals surface area (Å²) in [6, 6.07) is 24.6. The molecule has 0 aliphatic rings. The highest BCUT2D eigenvalue weighted by atomic mass is 16.3. The smallest absolute Gasteiger partial charge is 0.274 e. The van der Waals surface area contributed by atoms with Gasteiger partial charge in [-0.15, -0.1) is 0 Å². The van der Waals surface area contributed by atoms with Crippen molar-refractivity contribution < 1.29 is 9.90 Å². The summed E-state index contributed by atoms with van der Waals surface area (Å²) in [5.41, 5.74) is 9.02. The van der Waals surface area contributed by atoms with Gasteiger partial charge in [0.05, 0.1) is 33.8 Å². The summed E-state index contributed by atoms with van der Waals surface area (Å²) >= 11 is 0. The number of aromatic nitrogens is 4. The number of amides is 1. The molecule has 0 aliphatic heterocycles. The predicted molar refractivity (Wildman–Crippen MR) is 153 cm³/mol. The van der Waals surface area contributed by atoms with Gasteiger partial charge in [-0.25, -0.2) is 9.97 Å². The fourth-order valence-electron chi connectivity index (χ4n) is 4.37. The molecule has 0 spiro atoms. The average molecular weight is 519 g/mol. The molecule has 0 atom stereocenters. The van der Waals surface area contributed by atoms with E-state index in [1.165, 1.54) is 0 Å². The maximum absolute atomic E-state index is 13.6. The quantitative estimate of drug-likeness (QED) is 0.281. The van der Waals surface area contributed by atoms with Crippen LogP contribution in [0.4, 0.5) is 5.82 Å². The maximum atomic E-state index is 13.6. The van der Waals surface area contributed by atoms with Crippen molar-refractivity contribution in [2.75, 3.05) is 5.73 Å². The number of hydrogen-bond donors (Lipinski definition) is 3. The zero-order valence-electron chi connectivity index (χ0n) is 22.3. The second-order valence-corrected chi connectivity index (χ2v) is 10.5. The van der Waals surface area contributed by atoms with E-state index >= 15 is 0 Å². The summed E-state index contributed by atoms with van der Waals surface area (Å²) in [5.74, 6) is -0.463. The topological polar surface area (TPSA) is 127 Å². The fraction of sp³-hybridized carbons (Fsp3) is 0.194. The van der Waals surface area contributed by atoms with Gasteiger partial charge in [0.15, 0.2) is 11.5 Å². The first-order chi connectivity index (χ1) is 18.5. The summed E-state index contributed by atoms with van der Waals surface area (Å²) in [5, 5.41) is 14.4. The highest BCUT2D eigenvalue weighted by Gasteiger charge is 2.29. The van der Waals surface area contributed by atoms with Crippen molar-refractivity contribution in [2.45, 2.75) is 38.8 Å². The molecule has 1 amide bonds. The minimum absolute atomic E-state index is 0.0164. The standard InChI is InChI=1S/C31H30N6O2/c1-30(2,23-13-8-14-24(34-23)31(3,4)39)37-29(38)27-28(32)36-25(19-10-6-5-7-11-19)26(35-27)21-15-16-22-20(18-21)12-9-17-33-22/h5-18,39H,1-4H3,(H2,32,36)(H,37,38). The number of anilines is 1. The van der Waals surface area contributed by atoms with Gasteiger partial charge < -0.3 is 16.2 Å². The Labute approximate surface area is 227 Å². The van der Waals surface area contributed by atoms with Gasteiger partial charge in [0.25, 0.3) is 5.91 Å². The van der Waals surface area contributed by atoms with Crippen molar-refractivity contribution in [1.82, 2.24) is 25.3 Å². The van der Waals surface area contributed by atoms with E-state index in [9.17, 15) is 9.90 Å². The summed E-state index contributed by atoms with van der Waals surface area (Å²) in [4.78, 5) is 32.0. The number of nitrogen functional groups attached to an aromatic ring is 1. The number of benzene rings is 2. The molecule has 0 bridgehead atoms. The van der Waals surface area contributed by atoms with Crippen molar-refractivity contribution >= 4 is 22.6 Å². The SMILES string of the molecule is CC(C)(O)c1cccc(C(C)(C)NC(=O)c2nc(-c3ccc4ncccc4c3)c(-c3ccccc3)nc2N)n1. The molecule has 0 fully saturated rings. The van der Waals surface area contributed by atoms with Crippen LogP contribution in [0.1, 0.15) is 49.6 Å². The Morgan fingerprint density at radius 2 is 1.51 bits per heavy atom. The van der Waals surface area contributed by atoms with E-state index in [1.807, 2.05) is 74.5 Å². The van der Waals surface area contributed by atoms with Crippen LogP contribution in [0, 0.1) is 0 Å². The third kappa shape index (κ3) is 5.32. The minimum atomic E-state index is -1.12. The van der Waals surface area contributed by atoms with Gasteiger partial charge in [-0.05, 0) is 58.0 Å². The number of carbonyl (C=O) groups excluding carboxylic acids is 1. The van der Waals surface area contributed by atoms with Crippen LogP contribution in [-0.2, 0) is 11.1 Å². The van der Waals surface area contributed by atoms with Gasteiger partial charge in [0.2, 0.25) is 0 Å². The van der Waals surface area contributed by atoms with Crippen molar-refractivity contribution in [3.63, 3.8) is 0 Å². The summed E-state index contributed by atoms with van der Waals surface area (Å²) in [6.07, 6.45) is 1.75. The van der Waals surface area contributed by atoms with E-state index in [0.717, 1.165) is 22.0 Å². The van der Waals surface area contributed by atoms with Crippen molar-refractivity contribution in [3.8, 4) is 22.5 Å². The fourth-order valence-corrected chi connectivity index (χ4v) is 4.37. The Morgan fingerprint density at radius 1 is 0.795 bits per heavy atom. The highest BCUT2D eigenvalue weighted by Crippen LogP contribution is 2.32. The zero-order chi connectivity index (χ0) is 27.8. The molecule has 0 aliphatic carbocycles. The number of pyridine rings is 2. The first-order valence-corrected chi connectivity index (χ1v) is 12.6. The van der Waals surface area contributed by atoms with Crippen LogP contribution >= 0.6 is 0 Å². The van der Waals surface area contributed by atoms with Gasteiger partial charge in [0, 0.05) is 22.7 Å². The van der Waals surface area contributed by atoms with Gasteiger partial charge in [0.1, 0.15) is 5.60 Å². The molecule has 5 rings (SSSR count). The van der Waals surface area contributed by atoms with Crippen LogP contribution in [-0.4, -0.2) is 30.9 Å². The number of nitrogens with one attached hydrogen (secondary N) is 1. The molecule has 2 aromatic carbocycles. The molecule has 4 N–H and O–H groups in total. The molecule has 0 unspecified atom stereocenters. The lowest BCUT2D eigenvalue weighted by Crippen LogP contribution is -2.42. The number of nitrogens with zero attached hydrogens (tertiary/aromatic N) is 4. The van der Waals surface area contributed by atoms with Crippen molar-refractivity contribution in [3.05, 3.63) is 102 Å². The first-order valence-electron chi connectivity index (χ1n) is 12.6. The molecule has 5 aromatic rings. The highest BCUT2D eigenvalue weighted by molar-refractivity contribution is 5.98. The van der Waals surface area contributed by atoms with E-state index in [-0.39, 0.29) is 11.5 Å². The lowest BCUT2D eigenvalue weighted by molar-refractivity contribution is 0.0732. The average Bonchev–Trinajstić information content (AvgIpc) is 2.92. The molecule has 196 valence electrons. The summed E-state index contributed by atoms with van der Waals surface area (Å²) in [7, 11) is 0. The Balaban J connectivity index is 1.58. The largest absolute Gasteiger partial charge is 0.384 e. The van der Waals surface area contributed by atoms with Gasteiger partial charge >= 0.3 is 0 Å². The molecule has 0 radical (unpaired) electrons. The lowest BCUT2D eigenvalue weighted by Gasteiger charge is -2.27. The van der Waals surface area contributed by atoms with E-state index in [2.05, 4.69) is 20.3 Å². The predicted octanol–water partition coefficient (Wildman–Crippen LogP) is 5.23. The molecule has 3 heterocycles. The number of rotatable bonds is 6. The zero-order valence-corrected chi connectivity index (χ0v) is 22.3. The Morgan fingerprint density at radius 3 is 2.26 bits per heavy atom. The number of carbonyl (C=O) groups is 1. The lowest BCUT2D eigenvalue weighted by atomic mass is 9.97. The minimum Gasteiger partial charge on any atom is -0.384 e. The molecule has 8 heteroatoms. The van der Waals surface area contributed by atoms with Crippen LogP contribution in [0.2, 0.25) is 0 Å². The van der Waals surface area contributed by atoms with Crippen LogP contribution in [0.15, 0.2) is 85.1 Å². The second-order valence-electron chi connectivity index (χ2n) is 10.5. The monoisotopic (exact) mass is 518 g/mol. The molecular formula is C31H30N6O2. The van der Waals surface area contributed by atoms with Crippen molar-refractivity contribution in [2.24, 2.45) is 0 Å². The third-order valence-corrected chi connectivity index (χ3v) is 6.50. The van der Waals surface area contributed by atoms with Crippen molar-refractivity contribution in [1.29, 1.82) is 0 Å². The van der Waals surface area contributed by atoms with E-state index < -0.39 is 17.0 Å². The van der Waals surface area contributed by atoms with Gasteiger partial charge in [-0.2, -0.15) is 0 Å². The van der Waals surface area contributed by atoms with Crippen LogP contribution in [0.5, 0.6) is 0 Å². The third-order valence-electron chi connectivity index (χ3n) is 6.50. The molecule has 3 aromatic heterocycles. The van der Waals surface area contributed by atoms with Gasteiger partial charge in [-0.1, -0.05) is 48.5 Å². The molecule has 8 nitrogen and oxygen atoms in total. The van der Waals surface area contributed by atoms with Crippen LogP contribution < -0.4 is 11.1 Å². The molecule has 0 saturated carbocycles. The molecule has 39 heavy (non-hydrogen) atoms. The Hall–Kier alpha value is -4.69. The normalized spacial score (nSPS) is 11.9. The number of nitrogens with two attached hydrogens (primary N) is 1. The Kier molecular flexibility index (Phi) is 6.57. The van der Waals surface area contributed by atoms with Crippen LogP contribution in [0.3, 0.4) is 0 Å². The summed E-state index contributed by atoms with van der Waals surface area (Å²) < 4.78 is 0. The summed E-state index contributed by atoms with van der Waals surface area (Å²) in [6.45, 7) is 7.00. The van der Waals surface area contributed by atoms with Crippen LogP contribution in [0.25, 0.3) is 33.4 Å². The molecule has 0 saturated heterocycles. The molecular weight excluding hydrogens is 488 g/mol. The number of aliphatic hydroxyl groups is 1. The maximum Gasteiger partial charge on any atom is 0.274 e. The van der Waals surface area contributed by atoms with E-state index in [1.54, 1.807) is 38.2 Å². The first kappa shape index (κ1) is 25.9. The Bertz CT molecular complexity index is 1680. The van der Waals surface area contributed by atoms with E-state index in [0.29, 0.717) is 22.8 Å². The number of fused-ring (bicyclic) bond motifs is 1. The second kappa shape index (κ2) is 9.89. The number of hydrogen-bond acceptors (Lipinski definition) is 7.